The fourth-order valence-electron chi connectivity index (χ4n) is 1.83. The zero-order valence-electron chi connectivity index (χ0n) is 9.30. The number of hydrogen-bond acceptors (Lipinski definition) is 3. The smallest absolute Gasteiger partial charge is 0.242 e. The Morgan fingerprint density at radius 3 is 2.86 bits per heavy atom. The van der Waals surface area contributed by atoms with E-state index < -0.39 is 0 Å². The Hall–Kier alpha value is -0.610. The highest BCUT2D eigenvalue weighted by atomic mass is 16.5. The largest absolute Gasteiger partial charge is 0.383 e. The van der Waals surface area contributed by atoms with Crippen molar-refractivity contribution in [3.63, 3.8) is 0 Å². The van der Waals surface area contributed by atoms with Gasteiger partial charge in [-0.2, -0.15) is 0 Å². The van der Waals surface area contributed by atoms with Crippen LogP contribution in [-0.2, 0) is 9.53 Å². The zero-order valence-corrected chi connectivity index (χ0v) is 9.30. The quantitative estimate of drug-likeness (QED) is 0.706. The van der Waals surface area contributed by atoms with E-state index in [0.29, 0.717) is 13.2 Å². The molecule has 0 spiro atoms. The Kier molecular flexibility index (Phi) is 3.89. The maximum atomic E-state index is 12.0. The highest BCUT2D eigenvalue weighted by Crippen LogP contribution is 2.20. The first-order chi connectivity index (χ1) is 6.60. The van der Waals surface area contributed by atoms with Gasteiger partial charge in [0.05, 0.1) is 12.1 Å². The van der Waals surface area contributed by atoms with Gasteiger partial charge in [0, 0.05) is 20.7 Å². The molecule has 1 heterocycles. The van der Waals surface area contributed by atoms with Gasteiger partial charge >= 0.3 is 0 Å². The Labute approximate surface area is 85.6 Å². The molecular formula is C10H20N2O2. The van der Waals surface area contributed by atoms with Crippen molar-refractivity contribution in [2.45, 2.75) is 25.3 Å². The number of carbonyl (C=O) groups is 1. The molecule has 0 radical (unpaired) electrons. The molecule has 1 amide bonds. The zero-order chi connectivity index (χ0) is 10.6. The van der Waals surface area contributed by atoms with E-state index in [9.17, 15) is 4.79 Å². The first-order valence-electron chi connectivity index (χ1n) is 5.10. The van der Waals surface area contributed by atoms with Gasteiger partial charge in [-0.05, 0) is 26.3 Å². The summed E-state index contributed by atoms with van der Waals surface area (Å²) in [6.45, 7) is 4.18. The lowest BCUT2D eigenvalue weighted by molar-refractivity contribution is -0.136. The monoisotopic (exact) mass is 200 g/mol. The van der Waals surface area contributed by atoms with Gasteiger partial charge in [0.2, 0.25) is 5.91 Å². The molecule has 0 aliphatic carbocycles. The second kappa shape index (κ2) is 4.75. The molecule has 0 saturated carbocycles. The Morgan fingerprint density at radius 2 is 2.36 bits per heavy atom. The van der Waals surface area contributed by atoms with Crippen LogP contribution in [0.15, 0.2) is 0 Å². The summed E-state index contributed by atoms with van der Waals surface area (Å²) in [5.41, 5.74) is -0.345. The van der Waals surface area contributed by atoms with E-state index >= 15 is 0 Å². The lowest BCUT2D eigenvalue weighted by Gasteiger charge is -2.29. The minimum absolute atomic E-state index is 0.173. The van der Waals surface area contributed by atoms with E-state index in [1.807, 2.05) is 14.0 Å². The molecule has 1 aliphatic heterocycles. The highest BCUT2D eigenvalue weighted by Gasteiger charge is 2.37. The standard InChI is InChI=1S/C10H20N2O2/c1-10(5-4-6-11-10)9(13)12(2)7-8-14-3/h11H,4-8H2,1-3H3. The minimum Gasteiger partial charge on any atom is -0.383 e. The van der Waals surface area contributed by atoms with Gasteiger partial charge in [0.15, 0.2) is 0 Å². The van der Waals surface area contributed by atoms with Crippen LogP contribution in [0.3, 0.4) is 0 Å². The van der Waals surface area contributed by atoms with Crippen LogP contribution in [0.2, 0.25) is 0 Å². The summed E-state index contributed by atoms with van der Waals surface area (Å²) >= 11 is 0. The molecule has 1 fully saturated rings. The van der Waals surface area contributed by atoms with E-state index in [2.05, 4.69) is 5.32 Å². The molecule has 1 aliphatic rings. The number of methoxy groups -OCH3 is 1. The van der Waals surface area contributed by atoms with Gasteiger partial charge in [0.1, 0.15) is 0 Å². The number of hydrogen-bond donors (Lipinski definition) is 1. The van der Waals surface area contributed by atoms with Crippen LogP contribution >= 0.6 is 0 Å². The molecule has 0 bridgehead atoms. The van der Waals surface area contributed by atoms with Crippen molar-refractivity contribution in [2.75, 3.05) is 33.9 Å². The van der Waals surface area contributed by atoms with Crippen molar-refractivity contribution in [1.29, 1.82) is 0 Å². The van der Waals surface area contributed by atoms with Crippen LogP contribution in [-0.4, -0.2) is 50.2 Å². The Bertz CT molecular complexity index is 200. The number of rotatable bonds is 4. The summed E-state index contributed by atoms with van der Waals surface area (Å²) < 4.78 is 4.94. The summed E-state index contributed by atoms with van der Waals surface area (Å²) in [4.78, 5) is 13.7. The van der Waals surface area contributed by atoms with Gasteiger partial charge in [0.25, 0.3) is 0 Å². The topological polar surface area (TPSA) is 41.6 Å². The fraction of sp³-hybridized carbons (Fsp3) is 0.900. The van der Waals surface area contributed by atoms with E-state index in [1.54, 1.807) is 12.0 Å². The van der Waals surface area contributed by atoms with Crippen molar-refractivity contribution in [1.82, 2.24) is 10.2 Å². The van der Waals surface area contributed by atoms with Crippen LogP contribution in [0, 0.1) is 0 Å². The summed E-state index contributed by atoms with van der Waals surface area (Å²) in [6.07, 6.45) is 2.02. The fourth-order valence-corrected chi connectivity index (χ4v) is 1.83. The predicted octanol–water partition coefficient (Wildman–Crippen LogP) is 0.233. The average Bonchev–Trinajstić information content (AvgIpc) is 2.61. The molecule has 1 atom stereocenters. The summed E-state index contributed by atoms with van der Waals surface area (Å²) in [6, 6.07) is 0. The van der Waals surface area contributed by atoms with Crippen molar-refractivity contribution < 1.29 is 9.53 Å². The molecule has 0 aromatic rings. The normalized spacial score (nSPS) is 26.5. The number of likely N-dealkylation sites (N-methyl/N-ethyl adjacent to an activating group) is 1. The predicted molar refractivity (Wildman–Crippen MR) is 55.2 cm³/mol. The highest BCUT2D eigenvalue weighted by molar-refractivity contribution is 5.86. The summed E-state index contributed by atoms with van der Waals surface area (Å²) in [5, 5.41) is 3.26. The SMILES string of the molecule is COCCN(C)C(=O)C1(C)CCCN1. The van der Waals surface area contributed by atoms with E-state index in [1.165, 1.54) is 0 Å². The molecule has 14 heavy (non-hydrogen) atoms. The third-order valence-corrected chi connectivity index (χ3v) is 2.82. The molecular weight excluding hydrogens is 180 g/mol. The van der Waals surface area contributed by atoms with Gasteiger partial charge < -0.3 is 15.0 Å². The molecule has 1 N–H and O–H groups in total. The lowest BCUT2D eigenvalue weighted by Crippen LogP contribution is -2.52. The molecule has 0 aromatic heterocycles. The van der Waals surface area contributed by atoms with Crippen LogP contribution in [0.25, 0.3) is 0 Å². The number of nitrogens with zero attached hydrogens (tertiary/aromatic N) is 1. The maximum Gasteiger partial charge on any atom is 0.242 e. The third-order valence-electron chi connectivity index (χ3n) is 2.82. The number of carbonyl (C=O) groups excluding carboxylic acids is 1. The Balaban J connectivity index is 2.46. The van der Waals surface area contributed by atoms with E-state index in [0.717, 1.165) is 19.4 Å². The van der Waals surface area contributed by atoms with E-state index in [4.69, 9.17) is 4.74 Å². The second-order valence-electron chi connectivity index (χ2n) is 4.08. The van der Waals surface area contributed by atoms with Gasteiger partial charge in [-0.25, -0.2) is 0 Å². The summed E-state index contributed by atoms with van der Waals surface area (Å²) in [7, 11) is 3.47. The van der Waals surface area contributed by atoms with Gasteiger partial charge in [-0.15, -0.1) is 0 Å². The average molecular weight is 200 g/mol. The van der Waals surface area contributed by atoms with Gasteiger partial charge in [-0.1, -0.05) is 0 Å². The van der Waals surface area contributed by atoms with Gasteiger partial charge in [-0.3, -0.25) is 4.79 Å². The Morgan fingerprint density at radius 1 is 1.64 bits per heavy atom. The molecule has 1 saturated heterocycles. The number of ether oxygens (including phenoxy) is 1. The minimum atomic E-state index is -0.345. The van der Waals surface area contributed by atoms with Crippen molar-refractivity contribution in [3.8, 4) is 0 Å². The molecule has 1 unspecified atom stereocenters. The van der Waals surface area contributed by atoms with Crippen molar-refractivity contribution in [2.24, 2.45) is 0 Å². The molecule has 4 heteroatoms. The first-order valence-corrected chi connectivity index (χ1v) is 5.10. The third kappa shape index (κ3) is 2.45. The van der Waals surface area contributed by atoms with Crippen LogP contribution in [0.1, 0.15) is 19.8 Å². The van der Waals surface area contributed by atoms with Crippen molar-refractivity contribution >= 4 is 5.91 Å². The number of amides is 1. The van der Waals surface area contributed by atoms with E-state index in [-0.39, 0.29) is 11.4 Å². The summed E-state index contributed by atoms with van der Waals surface area (Å²) in [5.74, 6) is 0.173. The van der Waals surface area contributed by atoms with Crippen LogP contribution in [0.4, 0.5) is 0 Å². The lowest BCUT2D eigenvalue weighted by atomic mass is 9.99. The van der Waals surface area contributed by atoms with Crippen LogP contribution < -0.4 is 5.32 Å². The molecule has 1 rings (SSSR count). The first kappa shape index (κ1) is 11.5. The molecule has 82 valence electrons. The van der Waals surface area contributed by atoms with Crippen molar-refractivity contribution in [3.05, 3.63) is 0 Å². The molecule has 4 nitrogen and oxygen atoms in total. The molecule has 0 aromatic carbocycles. The maximum absolute atomic E-state index is 12.0. The second-order valence-corrected chi connectivity index (χ2v) is 4.08. The number of nitrogens with one attached hydrogen (secondary N) is 1. The van der Waals surface area contributed by atoms with Crippen LogP contribution in [0.5, 0.6) is 0 Å².